The lowest BCUT2D eigenvalue weighted by molar-refractivity contribution is 0.252. The molecule has 1 rings (SSSR count). The third-order valence-electron chi connectivity index (χ3n) is 1.90. The number of para-hydroxylation sites is 1. The van der Waals surface area contributed by atoms with Crippen LogP contribution >= 0.6 is 0 Å². The quantitative estimate of drug-likeness (QED) is 0.265. The Kier molecular flexibility index (Phi) is 4.14. The van der Waals surface area contributed by atoms with Crippen LogP contribution in [0.2, 0.25) is 0 Å². The number of anilines is 1. The van der Waals surface area contributed by atoms with Crippen LogP contribution in [0.25, 0.3) is 0 Å². The molecule has 0 saturated heterocycles. The third kappa shape index (κ3) is 2.88. The van der Waals surface area contributed by atoms with Gasteiger partial charge in [-0.15, -0.1) is 0 Å². The average Bonchev–Trinajstić information content (AvgIpc) is 2.29. The van der Waals surface area contributed by atoms with E-state index in [2.05, 4.69) is 15.8 Å². The monoisotopic (exact) mass is 222 g/mol. The summed E-state index contributed by atoms with van der Waals surface area (Å²) in [5.74, 6) is -0.0487. The number of hydrogen-bond acceptors (Lipinski definition) is 3. The van der Waals surface area contributed by atoms with E-state index in [1.165, 1.54) is 0 Å². The molecule has 0 spiro atoms. The molecule has 0 aliphatic carbocycles. The van der Waals surface area contributed by atoms with Crippen molar-refractivity contribution < 1.29 is 10.0 Å². The van der Waals surface area contributed by atoms with E-state index in [9.17, 15) is 4.79 Å². The second-order valence-corrected chi connectivity index (χ2v) is 3.02. The van der Waals surface area contributed by atoms with Crippen LogP contribution in [0.5, 0.6) is 0 Å². The minimum atomic E-state index is -0.333. The Labute approximate surface area is 93.1 Å². The molecule has 0 aliphatic rings. The van der Waals surface area contributed by atoms with Gasteiger partial charge in [-0.05, 0) is 19.1 Å². The first-order chi connectivity index (χ1) is 7.69. The molecule has 0 bridgehead atoms. The number of nitrogens with zero attached hydrogens (tertiary/aromatic N) is 1. The number of hydrogen-bond donors (Lipinski definition) is 4. The van der Waals surface area contributed by atoms with E-state index in [1.807, 2.05) is 6.92 Å². The molecule has 0 saturated carbocycles. The van der Waals surface area contributed by atoms with Gasteiger partial charge < -0.3 is 21.6 Å². The Balaban J connectivity index is 2.91. The van der Waals surface area contributed by atoms with E-state index in [0.717, 1.165) is 0 Å². The molecule has 5 N–H and O–H groups in total. The molecular weight excluding hydrogens is 208 g/mol. The maximum Gasteiger partial charge on any atom is 0.319 e. The van der Waals surface area contributed by atoms with E-state index in [0.29, 0.717) is 17.8 Å². The van der Waals surface area contributed by atoms with Crippen LogP contribution in [0.3, 0.4) is 0 Å². The highest BCUT2D eigenvalue weighted by Crippen LogP contribution is 2.14. The van der Waals surface area contributed by atoms with Crippen LogP contribution in [0.4, 0.5) is 10.5 Å². The summed E-state index contributed by atoms with van der Waals surface area (Å²) >= 11 is 0. The summed E-state index contributed by atoms with van der Waals surface area (Å²) in [6.07, 6.45) is 0. The van der Waals surface area contributed by atoms with Gasteiger partial charge in [-0.2, -0.15) is 0 Å². The fourth-order valence-electron chi connectivity index (χ4n) is 1.20. The van der Waals surface area contributed by atoms with E-state index in [4.69, 9.17) is 10.9 Å². The first-order valence-corrected chi connectivity index (χ1v) is 4.80. The minimum absolute atomic E-state index is 0.0487. The fourth-order valence-corrected chi connectivity index (χ4v) is 1.20. The molecule has 0 atom stereocenters. The van der Waals surface area contributed by atoms with Crippen molar-refractivity contribution in [1.29, 1.82) is 0 Å². The maximum atomic E-state index is 11.3. The Morgan fingerprint density at radius 3 is 2.81 bits per heavy atom. The van der Waals surface area contributed by atoms with Gasteiger partial charge in [0.2, 0.25) is 0 Å². The Morgan fingerprint density at radius 2 is 2.19 bits per heavy atom. The largest absolute Gasteiger partial charge is 0.409 e. The molecule has 16 heavy (non-hydrogen) atoms. The topological polar surface area (TPSA) is 99.7 Å². The van der Waals surface area contributed by atoms with E-state index in [-0.39, 0.29) is 11.9 Å². The van der Waals surface area contributed by atoms with Gasteiger partial charge in [0.25, 0.3) is 0 Å². The number of amides is 2. The number of amidine groups is 1. The van der Waals surface area contributed by atoms with Gasteiger partial charge in [-0.1, -0.05) is 17.3 Å². The van der Waals surface area contributed by atoms with Gasteiger partial charge in [-0.25, -0.2) is 4.79 Å². The Morgan fingerprint density at radius 1 is 1.50 bits per heavy atom. The van der Waals surface area contributed by atoms with Gasteiger partial charge >= 0.3 is 6.03 Å². The summed E-state index contributed by atoms with van der Waals surface area (Å²) in [5.41, 5.74) is 6.43. The predicted molar refractivity (Wildman–Crippen MR) is 61.6 cm³/mol. The first-order valence-electron chi connectivity index (χ1n) is 4.80. The molecule has 0 aromatic heterocycles. The van der Waals surface area contributed by atoms with Gasteiger partial charge in [0, 0.05) is 12.1 Å². The lowest BCUT2D eigenvalue weighted by Crippen LogP contribution is -2.29. The zero-order valence-electron chi connectivity index (χ0n) is 8.90. The molecule has 0 aliphatic heterocycles. The third-order valence-corrected chi connectivity index (χ3v) is 1.90. The predicted octanol–water partition coefficient (Wildman–Crippen LogP) is 0.923. The van der Waals surface area contributed by atoms with Gasteiger partial charge in [0.1, 0.15) is 0 Å². The molecule has 0 radical (unpaired) electrons. The van der Waals surface area contributed by atoms with E-state index >= 15 is 0 Å². The summed E-state index contributed by atoms with van der Waals surface area (Å²) in [6.45, 7) is 2.34. The van der Waals surface area contributed by atoms with Crippen LogP contribution in [-0.4, -0.2) is 23.6 Å². The summed E-state index contributed by atoms with van der Waals surface area (Å²) in [6, 6.07) is 6.46. The summed E-state index contributed by atoms with van der Waals surface area (Å²) in [4.78, 5) is 11.3. The number of nitrogens with two attached hydrogens (primary N) is 1. The number of urea groups is 1. The lowest BCUT2D eigenvalue weighted by Gasteiger charge is -2.09. The van der Waals surface area contributed by atoms with Crippen LogP contribution in [0.1, 0.15) is 12.5 Å². The molecular formula is C10H14N4O2. The van der Waals surface area contributed by atoms with Crippen molar-refractivity contribution in [3.8, 4) is 0 Å². The number of benzene rings is 1. The molecule has 6 heteroatoms. The number of nitrogens with one attached hydrogen (secondary N) is 2. The van der Waals surface area contributed by atoms with Gasteiger partial charge in [0.05, 0.1) is 5.69 Å². The molecule has 86 valence electrons. The summed E-state index contributed by atoms with van der Waals surface area (Å²) in [7, 11) is 0. The molecule has 0 heterocycles. The molecule has 1 aromatic rings. The molecule has 0 unspecified atom stereocenters. The normalized spacial score (nSPS) is 10.9. The van der Waals surface area contributed by atoms with Crippen LogP contribution in [-0.2, 0) is 0 Å². The first kappa shape index (κ1) is 11.8. The standard InChI is InChI=1S/C10H14N4O2/c1-2-12-10(15)13-8-6-4-3-5-7(8)9(11)14-16/h3-6,16H,2H2,1H3,(H2,11,14)(H2,12,13,15). The van der Waals surface area contributed by atoms with Crippen molar-refractivity contribution in [2.24, 2.45) is 10.9 Å². The van der Waals surface area contributed by atoms with Crippen LogP contribution in [0.15, 0.2) is 29.4 Å². The highest BCUT2D eigenvalue weighted by Gasteiger charge is 2.08. The van der Waals surface area contributed by atoms with Crippen molar-refractivity contribution in [3.63, 3.8) is 0 Å². The summed E-state index contributed by atoms with van der Waals surface area (Å²) in [5, 5.41) is 16.7. The minimum Gasteiger partial charge on any atom is -0.409 e. The number of oxime groups is 1. The van der Waals surface area contributed by atoms with Crippen molar-refractivity contribution in [2.45, 2.75) is 6.92 Å². The highest BCUT2D eigenvalue weighted by molar-refractivity contribution is 6.05. The van der Waals surface area contributed by atoms with Crippen LogP contribution in [0, 0.1) is 0 Å². The Hall–Kier alpha value is -2.24. The summed E-state index contributed by atoms with van der Waals surface area (Å²) < 4.78 is 0. The smallest absolute Gasteiger partial charge is 0.319 e. The van der Waals surface area contributed by atoms with Crippen molar-refractivity contribution in [3.05, 3.63) is 29.8 Å². The molecule has 1 aromatic carbocycles. The molecule has 0 fully saturated rings. The van der Waals surface area contributed by atoms with Crippen molar-refractivity contribution in [2.75, 3.05) is 11.9 Å². The number of carbonyl (C=O) groups excluding carboxylic acids is 1. The van der Waals surface area contributed by atoms with Gasteiger partial charge in [-0.3, -0.25) is 0 Å². The number of carbonyl (C=O) groups is 1. The molecule has 2 amide bonds. The SMILES string of the molecule is CCNC(=O)Nc1ccccc1/C(N)=N/O. The number of rotatable bonds is 3. The second-order valence-electron chi connectivity index (χ2n) is 3.02. The fraction of sp³-hybridized carbons (Fsp3) is 0.200. The van der Waals surface area contributed by atoms with Gasteiger partial charge in [0.15, 0.2) is 5.84 Å². The molecule has 6 nitrogen and oxygen atoms in total. The maximum absolute atomic E-state index is 11.3. The van der Waals surface area contributed by atoms with Crippen molar-refractivity contribution >= 4 is 17.6 Å². The van der Waals surface area contributed by atoms with Crippen LogP contribution < -0.4 is 16.4 Å². The lowest BCUT2D eigenvalue weighted by atomic mass is 10.1. The second kappa shape index (κ2) is 5.59. The highest BCUT2D eigenvalue weighted by atomic mass is 16.4. The Bertz CT molecular complexity index is 404. The zero-order valence-corrected chi connectivity index (χ0v) is 8.90. The van der Waals surface area contributed by atoms with E-state index in [1.54, 1.807) is 24.3 Å². The van der Waals surface area contributed by atoms with Crippen molar-refractivity contribution in [1.82, 2.24) is 5.32 Å². The zero-order chi connectivity index (χ0) is 12.0. The average molecular weight is 222 g/mol. The van der Waals surface area contributed by atoms with E-state index < -0.39 is 0 Å².